The van der Waals surface area contributed by atoms with Crippen LogP contribution >= 0.6 is 0 Å². The second-order valence-corrected chi connectivity index (χ2v) is 6.05. The first-order valence-electron chi connectivity index (χ1n) is 8.30. The number of carbonyl (C=O) groups excluding carboxylic acids is 1. The Morgan fingerprint density at radius 3 is 3.12 bits per heavy atom. The summed E-state index contributed by atoms with van der Waals surface area (Å²) in [4.78, 5) is 13.8. The summed E-state index contributed by atoms with van der Waals surface area (Å²) < 4.78 is 20.9. The van der Waals surface area contributed by atoms with Crippen LogP contribution < -0.4 is 5.32 Å². The van der Waals surface area contributed by atoms with Crippen molar-refractivity contribution in [3.8, 4) is 5.69 Å². The summed E-state index contributed by atoms with van der Waals surface area (Å²) in [7, 11) is 1.69. The van der Waals surface area contributed by atoms with E-state index in [1.54, 1.807) is 7.05 Å². The number of benzene rings is 1. The number of aromatic nitrogens is 4. The maximum Gasteiger partial charge on any atom is 0.321 e. The van der Waals surface area contributed by atoms with Crippen LogP contribution in [0.25, 0.3) is 5.69 Å². The van der Waals surface area contributed by atoms with E-state index in [1.807, 2.05) is 0 Å². The quantitative estimate of drug-likeness (QED) is 0.865. The molecule has 3 rings (SSSR count). The predicted octanol–water partition coefficient (Wildman–Crippen LogP) is 2.22. The number of rotatable bonds is 6. The molecule has 134 valence electrons. The van der Waals surface area contributed by atoms with E-state index < -0.39 is 5.82 Å². The number of ether oxygens (including phenoxy) is 1. The van der Waals surface area contributed by atoms with Crippen molar-refractivity contribution in [2.24, 2.45) is 0 Å². The topological polar surface area (TPSA) is 85.2 Å². The van der Waals surface area contributed by atoms with Crippen molar-refractivity contribution in [1.29, 1.82) is 0 Å². The van der Waals surface area contributed by atoms with Gasteiger partial charge in [0.05, 0.1) is 17.5 Å². The molecule has 8 nitrogen and oxygen atoms in total. The zero-order valence-electron chi connectivity index (χ0n) is 14.1. The molecule has 1 saturated heterocycles. The number of urea groups is 1. The van der Waals surface area contributed by atoms with Gasteiger partial charge in [0.2, 0.25) is 0 Å². The number of tetrazole rings is 1. The van der Waals surface area contributed by atoms with E-state index in [0.29, 0.717) is 18.3 Å². The first-order chi connectivity index (χ1) is 12.1. The number of hydrogen-bond donors (Lipinski definition) is 1. The molecule has 1 N–H and O–H groups in total. The average molecular weight is 348 g/mol. The molecule has 1 aliphatic heterocycles. The van der Waals surface area contributed by atoms with Gasteiger partial charge in [0.15, 0.2) is 0 Å². The summed E-state index contributed by atoms with van der Waals surface area (Å²) in [5.74, 6) is -0.516. The van der Waals surface area contributed by atoms with E-state index in [4.69, 9.17) is 4.74 Å². The van der Waals surface area contributed by atoms with Crippen LogP contribution in [0.4, 0.5) is 14.9 Å². The number of hydrogen-bond acceptors (Lipinski definition) is 5. The lowest BCUT2D eigenvalue weighted by molar-refractivity contribution is 0.101. The van der Waals surface area contributed by atoms with Crippen molar-refractivity contribution in [2.45, 2.75) is 31.8 Å². The van der Waals surface area contributed by atoms with E-state index in [-0.39, 0.29) is 11.7 Å². The predicted molar refractivity (Wildman–Crippen MR) is 89.0 cm³/mol. The van der Waals surface area contributed by atoms with Crippen molar-refractivity contribution < 1.29 is 13.9 Å². The van der Waals surface area contributed by atoms with Crippen LogP contribution in [0, 0.1) is 5.82 Å². The standard InChI is InChI=1S/C16H21FN6O2/c1-22(8-2-4-13-5-3-9-25-13)16(24)19-15-10-12(6-7-14(15)17)23-11-18-20-21-23/h6-7,10-11,13H,2-5,8-9H2,1H3,(H,19,24)/t13-/m1/s1. The Morgan fingerprint density at radius 1 is 1.52 bits per heavy atom. The molecule has 1 fully saturated rings. The van der Waals surface area contributed by atoms with Gasteiger partial charge >= 0.3 is 6.03 Å². The molecule has 2 heterocycles. The van der Waals surface area contributed by atoms with Gasteiger partial charge in [-0.3, -0.25) is 0 Å². The first kappa shape index (κ1) is 17.3. The molecule has 9 heteroatoms. The van der Waals surface area contributed by atoms with Gasteiger partial charge in [-0.2, -0.15) is 0 Å². The maximum atomic E-state index is 14.0. The highest BCUT2D eigenvalue weighted by Crippen LogP contribution is 2.19. The molecule has 0 unspecified atom stereocenters. The van der Waals surface area contributed by atoms with E-state index in [0.717, 1.165) is 32.3 Å². The summed E-state index contributed by atoms with van der Waals surface area (Å²) in [5.41, 5.74) is 0.645. The molecule has 0 spiro atoms. The van der Waals surface area contributed by atoms with Crippen molar-refractivity contribution in [3.05, 3.63) is 30.3 Å². The lowest BCUT2D eigenvalue weighted by Crippen LogP contribution is -2.32. The van der Waals surface area contributed by atoms with Crippen molar-refractivity contribution in [3.63, 3.8) is 0 Å². The molecule has 2 aromatic rings. The van der Waals surface area contributed by atoms with Gasteiger partial charge in [-0.15, -0.1) is 5.10 Å². The Hall–Kier alpha value is -2.55. The Balaban J connectivity index is 1.55. The molecule has 25 heavy (non-hydrogen) atoms. The number of anilines is 1. The molecule has 1 atom stereocenters. The van der Waals surface area contributed by atoms with Crippen molar-refractivity contribution >= 4 is 11.7 Å². The Bertz CT molecular complexity index is 703. The van der Waals surface area contributed by atoms with E-state index in [9.17, 15) is 9.18 Å². The minimum absolute atomic E-state index is 0.0870. The Morgan fingerprint density at radius 2 is 2.40 bits per heavy atom. The number of nitrogens with zero attached hydrogens (tertiary/aromatic N) is 5. The van der Waals surface area contributed by atoms with Crippen LogP contribution in [0.1, 0.15) is 25.7 Å². The minimum Gasteiger partial charge on any atom is -0.378 e. The summed E-state index contributed by atoms with van der Waals surface area (Å²) in [5, 5.41) is 13.4. The third-order valence-electron chi connectivity index (χ3n) is 4.20. The van der Waals surface area contributed by atoms with Crippen LogP contribution in [-0.2, 0) is 4.74 Å². The Kier molecular flexibility index (Phi) is 5.54. The fourth-order valence-electron chi connectivity index (χ4n) is 2.77. The second-order valence-electron chi connectivity index (χ2n) is 6.05. The highest BCUT2D eigenvalue weighted by Gasteiger charge is 2.17. The van der Waals surface area contributed by atoms with Gasteiger partial charge in [-0.05, 0) is 54.3 Å². The number of carbonyl (C=O) groups is 1. The fourth-order valence-corrected chi connectivity index (χ4v) is 2.77. The van der Waals surface area contributed by atoms with Crippen molar-refractivity contribution in [2.75, 3.05) is 25.5 Å². The highest BCUT2D eigenvalue weighted by atomic mass is 19.1. The fraction of sp³-hybridized carbons (Fsp3) is 0.500. The molecule has 1 aromatic heterocycles. The van der Waals surface area contributed by atoms with E-state index in [1.165, 1.54) is 34.1 Å². The largest absolute Gasteiger partial charge is 0.378 e. The third kappa shape index (κ3) is 4.50. The molecule has 0 saturated carbocycles. The third-order valence-corrected chi connectivity index (χ3v) is 4.20. The smallest absolute Gasteiger partial charge is 0.321 e. The molecular formula is C16H21FN6O2. The molecule has 0 aliphatic carbocycles. The molecule has 1 aromatic carbocycles. The van der Waals surface area contributed by atoms with Crippen molar-refractivity contribution in [1.82, 2.24) is 25.1 Å². The average Bonchev–Trinajstić information content (AvgIpc) is 3.30. The summed E-state index contributed by atoms with van der Waals surface area (Å²) in [6, 6.07) is 3.93. The summed E-state index contributed by atoms with van der Waals surface area (Å²) in [6.07, 6.45) is 5.68. The van der Waals surface area contributed by atoms with Gasteiger partial charge < -0.3 is 15.0 Å². The van der Waals surface area contributed by atoms with Gasteiger partial charge in [-0.1, -0.05) is 0 Å². The monoisotopic (exact) mass is 348 g/mol. The lowest BCUT2D eigenvalue weighted by atomic mass is 10.1. The normalized spacial score (nSPS) is 16.8. The van der Waals surface area contributed by atoms with E-state index in [2.05, 4.69) is 20.8 Å². The molecule has 2 amide bonds. The highest BCUT2D eigenvalue weighted by molar-refractivity contribution is 5.89. The van der Waals surface area contributed by atoms with Crippen LogP contribution in [0.5, 0.6) is 0 Å². The van der Waals surface area contributed by atoms with Crippen LogP contribution in [0.15, 0.2) is 24.5 Å². The van der Waals surface area contributed by atoms with Gasteiger partial charge in [0.25, 0.3) is 0 Å². The first-order valence-corrected chi connectivity index (χ1v) is 8.30. The second kappa shape index (κ2) is 8.02. The van der Waals surface area contributed by atoms with Gasteiger partial charge in [-0.25, -0.2) is 13.9 Å². The SMILES string of the molecule is CN(CCC[C@@H]1CCCO1)C(=O)Nc1cc(-n2cnnn2)ccc1F. The minimum atomic E-state index is -0.516. The number of amides is 2. The maximum absolute atomic E-state index is 14.0. The zero-order chi connectivity index (χ0) is 17.6. The van der Waals surface area contributed by atoms with Crippen LogP contribution in [0.3, 0.4) is 0 Å². The van der Waals surface area contributed by atoms with E-state index >= 15 is 0 Å². The molecular weight excluding hydrogens is 327 g/mol. The zero-order valence-corrected chi connectivity index (χ0v) is 14.1. The van der Waals surface area contributed by atoms with Gasteiger partial charge in [0, 0.05) is 20.2 Å². The lowest BCUT2D eigenvalue weighted by Gasteiger charge is -2.19. The summed E-state index contributed by atoms with van der Waals surface area (Å²) >= 11 is 0. The molecule has 1 aliphatic rings. The number of halogens is 1. The van der Waals surface area contributed by atoms with Crippen LogP contribution in [0.2, 0.25) is 0 Å². The van der Waals surface area contributed by atoms with Crippen LogP contribution in [-0.4, -0.2) is 57.4 Å². The van der Waals surface area contributed by atoms with Gasteiger partial charge in [0.1, 0.15) is 12.1 Å². The molecule has 0 radical (unpaired) electrons. The number of nitrogens with one attached hydrogen (secondary N) is 1. The molecule has 0 bridgehead atoms. The Labute approximate surface area is 145 Å². The summed E-state index contributed by atoms with van der Waals surface area (Å²) in [6.45, 7) is 1.41.